The van der Waals surface area contributed by atoms with Crippen LogP contribution < -0.4 is 81.4 Å². The fraction of sp³-hybridized carbons (Fsp3) is 0.621. The van der Waals surface area contributed by atoms with Crippen LogP contribution in [0.1, 0.15) is 111 Å². The topological polar surface area (TPSA) is 594 Å². The zero-order valence-corrected chi connectivity index (χ0v) is 53.4. The fourth-order valence-corrected chi connectivity index (χ4v) is 9.45. The number of carbonyl (C=O) groups is 16. The number of unbranched alkanes of at least 4 members (excludes halogenated alkanes) is 1. The van der Waals surface area contributed by atoms with Gasteiger partial charge in [0.25, 0.3) is 0 Å². The van der Waals surface area contributed by atoms with Gasteiger partial charge < -0.3 is 107 Å². The van der Waals surface area contributed by atoms with E-state index in [1.807, 2.05) is 0 Å². The summed E-state index contributed by atoms with van der Waals surface area (Å²) in [5, 5.41) is 65.9. The molecule has 0 saturated carbocycles. The van der Waals surface area contributed by atoms with E-state index in [9.17, 15) is 97.1 Å². The van der Waals surface area contributed by atoms with Crippen LogP contribution in [0.2, 0.25) is 0 Å². The maximum absolute atomic E-state index is 14.1. The highest BCUT2D eigenvalue weighted by molar-refractivity contribution is 6.00. The van der Waals surface area contributed by atoms with Crippen molar-refractivity contribution in [1.82, 2.24) is 63.4 Å². The molecule has 36 heteroatoms. The van der Waals surface area contributed by atoms with E-state index in [0.29, 0.717) is 18.4 Å². The summed E-state index contributed by atoms with van der Waals surface area (Å²) in [7, 11) is 0. The van der Waals surface area contributed by atoms with Gasteiger partial charge in [-0.25, -0.2) is 4.79 Å². The molecule has 1 heterocycles. The molecule has 1 aromatic carbocycles. The molecule has 1 aliphatic heterocycles. The van der Waals surface area contributed by atoms with E-state index in [0.717, 1.165) is 11.8 Å². The third-order valence-electron chi connectivity index (χ3n) is 14.4. The lowest BCUT2D eigenvalue weighted by Crippen LogP contribution is -2.61. The number of primary amides is 2. The Morgan fingerprint density at radius 1 is 0.543 bits per heavy atom. The van der Waals surface area contributed by atoms with Crippen LogP contribution in [0.3, 0.4) is 0 Å². The van der Waals surface area contributed by atoms with Crippen molar-refractivity contribution in [3.63, 3.8) is 0 Å². The number of carboxylic acid groups (broad SMARTS) is 2. The van der Waals surface area contributed by atoms with Crippen molar-refractivity contribution in [2.75, 3.05) is 32.7 Å². The zero-order chi connectivity index (χ0) is 71.1. The van der Waals surface area contributed by atoms with Crippen LogP contribution >= 0.6 is 0 Å². The Bertz CT molecular complexity index is 2840. The van der Waals surface area contributed by atoms with Crippen LogP contribution in [0.15, 0.2) is 30.3 Å². The van der Waals surface area contributed by atoms with E-state index < -0.39 is 219 Å². The van der Waals surface area contributed by atoms with Gasteiger partial charge in [0.2, 0.25) is 82.7 Å². The number of nitrogens with two attached hydrogens (primary N) is 4. The number of aliphatic hydroxyl groups is 2. The first kappa shape index (κ1) is 80.7. The standard InChI is InChI=1S/C58H92N16O20/c1-28(2)21-36(68-54(89)39-16-12-20-74(39)57(92)38(24-41(62)78)70-51(86)35(17-18-45(82)83)66-49(84)33(60)23-40(61)77)53(88)73-48(31(6)76)56(91)69-37(22-32-13-8-7-9-14-32)50(85)65-26-43(80)63-25-42(79)64-27-44(81)71-47(30(5)75)55(90)67-34(15-10-11-19-59)52(87)72-46(29(3)4)58(93)94/h7-9,13-14,28-31,33-39,46-48,75-76H,10-12,15-27,59-60H2,1-6H3,(H2,61,77)(H2,62,78)(H,63,80)(H,64,79)(H,65,85)(H,66,84)(H,67,90)(H,68,89)(H,69,91)(H,70,86)(H,71,81)(H,72,87)(H,73,88)(H,82,83)(H,93,94)/t30-,31-,33+,34+,35+,36+,37+,38+,39+,46+,47+,48+/m1/s1. The summed E-state index contributed by atoms with van der Waals surface area (Å²) in [6, 6.07) is -7.14. The molecule has 1 fully saturated rings. The van der Waals surface area contributed by atoms with Crippen molar-refractivity contribution >= 4 is 94.6 Å². The fourth-order valence-electron chi connectivity index (χ4n) is 9.45. The molecule has 14 amide bonds. The molecule has 94 heavy (non-hydrogen) atoms. The van der Waals surface area contributed by atoms with Gasteiger partial charge in [-0.05, 0) is 82.7 Å². The third-order valence-corrected chi connectivity index (χ3v) is 14.4. The van der Waals surface area contributed by atoms with Crippen LogP contribution in [0.5, 0.6) is 0 Å². The van der Waals surface area contributed by atoms with Crippen molar-refractivity contribution in [3.05, 3.63) is 35.9 Å². The van der Waals surface area contributed by atoms with Crippen molar-refractivity contribution in [3.8, 4) is 0 Å². The van der Waals surface area contributed by atoms with Gasteiger partial charge in [0, 0.05) is 19.4 Å². The Hall–Kier alpha value is -9.42. The lowest BCUT2D eigenvalue weighted by molar-refractivity contribution is -0.144. The van der Waals surface area contributed by atoms with Gasteiger partial charge in [-0.1, -0.05) is 58.0 Å². The largest absolute Gasteiger partial charge is 0.481 e. The second-order valence-electron chi connectivity index (χ2n) is 23.3. The van der Waals surface area contributed by atoms with E-state index in [-0.39, 0.29) is 51.1 Å². The number of amides is 14. The lowest BCUT2D eigenvalue weighted by Gasteiger charge is -2.31. The predicted octanol–water partition coefficient (Wildman–Crippen LogP) is -7.93. The molecule has 23 N–H and O–H groups in total. The molecule has 0 aliphatic carbocycles. The molecular weight excluding hydrogens is 1240 g/mol. The Labute approximate surface area is 541 Å². The number of aliphatic carboxylic acids is 2. The first-order valence-corrected chi connectivity index (χ1v) is 30.5. The second kappa shape index (κ2) is 40.5. The number of likely N-dealkylation sites (tertiary alicyclic amines) is 1. The summed E-state index contributed by atoms with van der Waals surface area (Å²) >= 11 is 0. The van der Waals surface area contributed by atoms with Gasteiger partial charge >= 0.3 is 11.9 Å². The third kappa shape index (κ3) is 29.0. The maximum Gasteiger partial charge on any atom is 0.326 e. The highest BCUT2D eigenvalue weighted by Gasteiger charge is 2.42. The highest BCUT2D eigenvalue weighted by atomic mass is 16.4. The Morgan fingerprint density at radius 2 is 1.04 bits per heavy atom. The first-order chi connectivity index (χ1) is 44.1. The van der Waals surface area contributed by atoms with Crippen molar-refractivity contribution < 1.29 is 97.1 Å². The van der Waals surface area contributed by atoms with Gasteiger partial charge in [0.05, 0.1) is 50.7 Å². The number of nitrogens with zero attached hydrogens (tertiary/aromatic N) is 1. The molecule has 1 aromatic rings. The van der Waals surface area contributed by atoms with E-state index >= 15 is 0 Å². The van der Waals surface area contributed by atoms with Gasteiger partial charge in [0.1, 0.15) is 54.4 Å². The summed E-state index contributed by atoms with van der Waals surface area (Å²) in [5.74, 6) is -17.4. The van der Waals surface area contributed by atoms with Crippen LogP contribution in [-0.4, -0.2) is 225 Å². The van der Waals surface area contributed by atoms with E-state index in [2.05, 4.69) is 58.5 Å². The summed E-state index contributed by atoms with van der Waals surface area (Å²) in [6.45, 7) is 6.69. The zero-order valence-electron chi connectivity index (χ0n) is 53.4. The summed E-state index contributed by atoms with van der Waals surface area (Å²) in [4.78, 5) is 209. The van der Waals surface area contributed by atoms with Crippen molar-refractivity contribution in [2.24, 2.45) is 34.8 Å². The molecule has 0 spiro atoms. The minimum atomic E-state index is -1.80. The van der Waals surface area contributed by atoms with Gasteiger partial charge in [-0.3, -0.25) is 71.9 Å². The molecule has 12 atom stereocenters. The molecule has 524 valence electrons. The van der Waals surface area contributed by atoms with Crippen molar-refractivity contribution in [2.45, 2.75) is 185 Å². The van der Waals surface area contributed by atoms with Crippen LogP contribution in [-0.2, 0) is 83.1 Å². The molecular formula is C58H92N16O20. The van der Waals surface area contributed by atoms with E-state index in [4.69, 9.17) is 22.9 Å². The van der Waals surface area contributed by atoms with E-state index in [1.54, 1.807) is 58.0 Å². The predicted molar refractivity (Wildman–Crippen MR) is 330 cm³/mol. The van der Waals surface area contributed by atoms with Gasteiger partial charge in [-0.15, -0.1) is 0 Å². The lowest BCUT2D eigenvalue weighted by atomic mass is 10.0. The molecule has 0 bridgehead atoms. The maximum atomic E-state index is 14.1. The van der Waals surface area contributed by atoms with Gasteiger partial charge in [0.15, 0.2) is 0 Å². The number of aliphatic hydroxyl groups excluding tert-OH is 2. The molecule has 36 nitrogen and oxygen atoms in total. The van der Waals surface area contributed by atoms with Crippen LogP contribution in [0, 0.1) is 11.8 Å². The van der Waals surface area contributed by atoms with Crippen LogP contribution in [0.25, 0.3) is 0 Å². The van der Waals surface area contributed by atoms with Gasteiger partial charge in [-0.2, -0.15) is 0 Å². The SMILES string of the molecule is CC(C)C[C@H](NC(=O)[C@@H]1CCCN1C(=O)[C@H](CC(N)=O)NC(=O)[C@H](CCC(=O)O)NC(=O)[C@@H](N)CC(N)=O)C(=O)N[C@H](C(=O)N[C@@H](Cc1ccccc1)C(=O)NCC(=O)NCC(=O)NCC(=O)N[C@H](C(=O)N[C@@H](CCCCN)C(=O)N[C@H](C(=O)O)C(C)C)[C@@H](C)O)[C@@H](C)O. The monoisotopic (exact) mass is 1330 g/mol. The molecule has 0 radical (unpaired) electrons. The number of hydrogen-bond acceptors (Lipinski definition) is 20. The molecule has 2 rings (SSSR count). The molecule has 0 aromatic heterocycles. The van der Waals surface area contributed by atoms with E-state index in [1.165, 1.54) is 6.92 Å². The number of rotatable bonds is 42. The Kier molecular flexibility index (Phi) is 34.8. The minimum Gasteiger partial charge on any atom is -0.481 e. The quantitative estimate of drug-likeness (QED) is 0.0270. The highest BCUT2D eigenvalue weighted by Crippen LogP contribution is 2.21. The number of carboxylic acids is 2. The number of nitrogens with one attached hydrogen (secondary N) is 11. The van der Waals surface area contributed by atoms with Crippen molar-refractivity contribution in [1.29, 1.82) is 0 Å². The Morgan fingerprint density at radius 3 is 1.57 bits per heavy atom. The molecule has 0 unspecified atom stereocenters. The summed E-state index contributed by atoms with van der Waals surface area (Å²) in [6.07, 6.45) is -5.15. The normalized spacial score (nSPS) is 16.2. The summed E-state index contributed by atoms with van der Waals surface area (Å²) < 4.78 is 0. The smallest absolute Gasteiger partial charge is 0.326 e. The average Bonchev–Trinajstić information content (AvgIpc) is 1.63. The molecule has 1 aliphatic rings. The first-order valence-electron chi connectivity index (χ1n) is 30.5. The number of carbonyl (C=O) groups excluding carboxylic acids is 14. The number of hydrogen-bond donors (Lipinski definition) is 19. The molecule has 1 saturated heterocycles. The second-order valence-corrected chi connectivity index (χ2v) is 23.3. The number of benzene rings is 1. The summed E-state index contributed by atoms with van der Waals surface area (Å²) in [5.41, 5.74) is 22.3. The van der Waals surface area contributed by atoms with Crippen LogP contribution in [0.4, 0.5) is 0 Å². The average molecular weight is 1330 g/mol. The minimum absolute atomic E-state index is 0.00197. The Balaban J connectivity index is 2.19.